The summed E-state index contributed by atoms with van der Waals surface area (Å²) in [5.74, 6) is 2.32. The summed E-state index contributed by atoms with van der Waals surface area (Å²) in [6, 6.07) is 17.8. The fourth-order valence-corrected chi connectivity index (χ4v) is 2.40. The summed E-state index contributed by atoms with van der Waals surface area (Å²) in [5.41, 5.74) is 3.14. The topological polar surface area (TPSA) is 59.1 Å². The Balaban J connectivity index is 1.69. The molecule has 5 heteroatoms. The highest BCUT2D eigenvalue weighted by molar-refractivity contribution is 5.63. The van der Waals surface area contributed by atoms with Crippen LogP contribution in [0.5, 0.6) is 5.75 Å². The summed E-state index contributed by atoms with van der Waals surface area (Å²) in [7, 11) is 0. The third kappa shape index (κ3) is 4.94. The van der Waals surface area contributed by atoms with E-state index in [9.17, 15) is 0 Å². The van der Waals surface area contributed by atoms with Gasteiger partial charge in [0.2, 0.25) is 0 Å². The first kappa shape index (κ1) is 16.8. The minimum atomic E-state index is 0.163. The summed E-state index contributed by atoms with van der Waals surface area (Å²) in [6.45, 7) is 6.08. The molecule has 0 unspecified atom stereocenters. The maximum Gasteiger partial charge on any atom is 0.135 e. The van der Waals surface area contributed by atoms with E-state index in [2.05, 4.69) is 39.7 Å². The Morgan fingerprint density at radius 2 is 1.52 bits per heavy atom. The van der Waals surface area contributed by atoms with Gasteiger partial charge in [-0.2, -0.15) is 0 Å². The zero-order valence-corrected chi connectivity index (χ0v) is 14.7. The number of nitrogens with zero attached hydrogens (tertiary/aromatic N) is 2. The van der Waals surface area contributed by atoms with Crippen molar-refractivity contribution in [3.63, 3.8) is 0 Å². The second-order valence-corrected chi connectivity index (χ2v) is 6.10. The van der Waals surface area contributed by atoms with Crippen LogP contribution in [-0.2, 0) is 0 Å². The average Bonchev–Trinajstić information content (AvgIpc) is 2.57. The molecule has 0 aliphatic carbocycles. The van der Waals surface area contributed by atoms with E-state index in [0.717, 1.165) is 28.8 Å². The molecule has 0 saturated heterocycles. The van der Waals surface area contributed by atoms with Crippen LogP contribution in [0.1, 0.15) is 19.4 Å². The van der Waals surface area contributed by atoms with Crippen LogP contribution in [0.4, 0.5) is 23.0 Å². The minimum Gasteiger partial charge on any atom is -0.491 e. The van der Waals surface area contributed by atoms with Crippen LogP contribution in [-0.4, -0.2) is 16.1 Å². The normalized spacial score (nSPS) is 10.6. The van der Waals surface area contributed by atoms with Crippen molar-refractivity contribution in [1.29, 1.82) is 0 Å². The van der Waals surface area contributed by atoms with E-state index < -0.39 is 0 Å². The Morgan fingerprint density at radius 1 is 0.840 bits per heavy atom. The molecule has 1 heterocycles. The smallest absolute Gasteiger partial charge is 0.135 e. The van der Waals surface area contributed by atoms with E-state index >= 15 is 0 Å². The van der Waals surface area contributed by atoms with Gasteiger partial charge in [0, 0.05) is 17.4 Å². The van der Waals surface area contributed by atoms with E-state index in [-0.39, 0.29) is 6.10 Å². The van der Waals surface area contributed by atoms with Crippen molar-refractivity contribution >= 4 is 23.0 Å². The first-order valence-electron chi connectivity index (χ1n) is 8.28. The standard InChI is InChI=1S/C20H22N4O/c1-14(2)25-18-9-7-16(8-10-18)23-19-12-20(22-13-21-19)24-17-6-4-5-15(3)11-17/h4-14H,1-3H3,(H2,21,22,23,24). The first-order valence-corrected chi connectivity index (χ1v) is 8.28. The van der Waals surface area contributed by atoms with Crippen molar-refractivity contribution in [1.82, 2.24) is 9.97 Å². The van der Waals surface area contributed by atoms with E-state index in [4.69, 9.17) is 4.74 Å². The second kappa shape index (κ2) is 7.66. The van der Waals surface area contributed by atoms with E-state index in [1.54, 1.807) is 0 Å². The number of anilines is 4. The number of hydrogen-bond acceptors (Lipinski definition) is 5. The monoisotopic (exact) mass is 334 g/mol. The molecule has 3 aromatic rings. The zero-order chi connectivity index (χ0) is 17.6. The van der Waals surface area contributed by atoms with E-state index in [1.807, 2.05) is 56.3 Å². The summed E-state index contributed by atoms with van der Waals surface area (Å²) in [6.07, 6.45) is 1.70. The third-order valence-electron chi connectivity index (χ3n) is 3.46. The Hall–Kier alpha value is -3.08. The van der Waals surface area contributed by atoms with Gasteiger partial charge < -0.3 is 15.4 Å². The molecular weight excluding hydrogens is 312 g/mol. The van der Waals surface area contributed by atoms with Crippen LogP contribution in [0.25, 0.3) is 0 Å². The number of rotatable bonds is 6. The number of aryl methyl sites for hydroxylation is 1. The molecule has 0 amide bonds. The average molecular weight is 334 g/mol. The van der Waals surface area contributed by atoms with Crippen molar-refractivity contribution in [3.8, 4) is 5.75 Å². The van der Waals surface area contributed by atoms with Gasteiger partial charge in [-0.3, -0.25) is 0 Å². The molecule has 0 spiro atoms. The van der Waals surface area contributed by atoms with E-state index in [1.165, 1.54) is 11.9 Å². The number of aromatic nitrogens is 2. The quantitative estimate of drug-likeness (QED) is 0.660. The highest BCUT2D eigenvalue weighted by atomic mass is 16.5. The predicted octanol–water partition coefficient (Wildman–Crippen LogP) is 5.06. The van der Waals surface area contributed by atoms with Gasteiger partial charge in [-0.25, -0.2) is 9.97 Å². The van der Waals surface area contributed by atoms with Crippen molar-refractivity contribution in [2.75, 3.05) is 10.6 Å². The molecular formula is C20H22N4O. The lowest BCUT2D eigenvalue weighted by molar-refractivity contribution is 0.242. The summed E-state index contributed by atoms with van der Waals surface area (Å²) >= 11 is 0. The lowest BCUT2D eigenvalue weighted by Crippen LogP contribution is -2.05. The molecule has 0 aliphatic rings. The molecule has 3 rings (SSSR count). The number of ether oxygens (including phenoxy) is 1. The van der Waals surface area contributed by atoms with Crippen molar-refractivity contribution in [3.05, 3.63) is 66.5 Å². The Labute approximate surface area is 148 Å². The molecule has 0 saturated carbocycles. The van der Waals surface area contributed by atoms with Gasteiger partial charge >= 0.3 is 0 Å². The lowest BCUT2D eigenvalue weighted by atomic mass is 10.2. The minimum absolute atomic E-state index is 0.163. The maximum atomic E-state index is 5.65. The third-order valence-corrected chi connectivity index (χ3v) is 3.46. The molecule has 1 aromatic heterocycles. The molecule has 0 atom stereocenters. The van der Waals surface area contributed by atoms with Crippen molar-refractivity contribution in [2.45, 2.75) is 26.9 Å². The molecule has 0 fully saturated rings. The molecule has 25 heavy (non-hydrogen) atoms. The Morgan fingerprint density at radius 3 is 2.16 bits per heavy atom. The molecule has 5 nitrogen and oxygen atoms in total. The number of hydrogen-bond donors (Lipinski definition) is 2. The molecule has 0 bridgehead atoms. The van der Waals surface area contributed by atoms with Crippen LogP contribution in [0, 0.1) is 6.92 Å². The first-order chi connectivity index (χ1) is 12.1. The van der Waals surface area contributed by atoms with Gasteiger partial charge in [-0.05, 0) is 62.7 Å². The fourth-order valence-electron chi connectivity index (χ4n) is 2.40. The molecule has 2 aromatic carbocycles. The van der Waals surface area contributed by atoms with Crippen LogP contribution in [0.15, 0.2) is 60.9 Å². The van der Waals surface area contributed by atoms with E-state index in [0.29, 0.717) is 0 Å². The SMILES string of the molecule is Cc1cccc(Nc2cc(Nc3ccc(OC(C)C)cc3)ncn2)c1. The van der Waals surface area contributed by atoms with Gasteiger partial charge in [0.1, 0.15) is 23.7 Å². The summed E-state index contributed by atoms with van der Waals surface area (Å²) < 4.78 is 5.65. The van der Waals surface area contributed by atoms with Crippen LogP contribution < -0.4 is 15.4 Å². The Bertz CT molecular complexity index is 831. The summed E-state index contributed by atoms with van der Waals surface area (Å²) in [4.78, 5) is 8.54. The Kier molecular flexibility index (Phi) is 5.14. The van der Waals surface area contributed by atoms with Gasteiger partial charge in [-0.15, -0.1) is 0 Å². The molecule has 2 N–H and O–H groups in total. The maximum absolute atomic E-state index is 5.65. The predicted molar refractivity (Wildman–Crippen MR) is 102 cm³/mol. The van der Waals surface area contributed by atoms with Crippen molar-refractivity contribution < 1.29 is 4.74 Å². The van der Waals surface area contributed by atoms with Crippen LogP contribution >= 0.6 is 0 Å². The van der Waals surface area contributed by atoms with Crippen LogP contribution in [0.3, 0.4) is 0 Å². The largest absolute Gasteiger partial charge is 0.491 e. The molecule has 128 valence electrons. The van der Waals surface area contributed by atoms with Gasteiger partial charge in [-0.1, -0.05) is 12.1 Å². The second-order valence-electron chi connectivity index (χ2n) is 6.10. The summed E-state index contributed by atoms with van der Waals surface area (Å²) in [5, 5.41) is 6.57. The zero-order valence-electron chi connectivity index (χ0n) is 14.7. The van der Waals surface area contributed by atoms with Crippen molar-refractivity contribution in [2.24, 2.45) is 0 Å². The fraction of sp³-hybridized carbons (Fsp3) is 0.200. The lowest BCUT2D eigenvalue weighted by Gasteiger charge is -2.11. The molecule has 0 radical (unpaired) electrons. The highest BCUT2D eigenvalue weighted by Crippen LogP contribution is 2.22. The van der Waals surface area contributed by atoms with Crippen LogP contribution in [0.2, 0.25) is 0 Å². The van der Waals surface area contributed by atoms with Gasteiger partial charge in [0.05, 0.1) is 6.10 Å². The highest BCUT2D eigenvalue weighted by Gasteiger charge is 2.02. The number of nitrogens with one attached hydrogen (secondary N) is 2. The molecule has 0 aliphatic heterocycles. The van der Waals surface area contributed by atoms with Gasteiger partial charge in [0.25, 0.3) is 0 Å². The van der Waals surface area contributed by atoms with Gasteiger partial charge in [0.15, 0.2) is 0 Å². The number of benzene rings is 2.